The van der Waals surface area contributed by atoms with E-state index in [9.17, 15) is 20.0 Å². The van der Waals surface area contributed by atoms with E-state index in [1.807, 2.05) is 6.92 Å². The number of phenolic OH excluding ortho intramolecular Hbond substituents is 1. The van der Waals surface area contributed by atoms with Crippen LogP contribution in [0.1, 0.15) is 29.3 Å². The third kappa shape index (κ3) is 3.41. The fourth-order valence-corrected chi connectivity index (χ4v) is 2.14. The lowest BCUT2D eigenvalue weighted by atomic mass is 10.1. The number of hydrogen-bond donors (Lipinski definition) is 2. The van der Waals surface area contributed by atoms with Crippen LogP contribution < -0.4 is 5.32 Å². The van der Waals surface area contributed by atoms with E-state index in [4.69, 9.17) is 0 Å². The molecule has 6 nitrogen and oxygen atoms in total. The lowest BCUT2D eigenvalue weighted by molar-refractivity contribution is -0.383. The topological polar surface area (TPSA) is 92.5 Å². The minimum atomic E-state index is -0.579. The molecule has 1 amide bonds. The number of anilines is 1. The first-order valence-corrected chi connectivity index (χ1v) is 6.89. The van der Waals surface area contributed by atoms with Gasteiger partial charge in [-0.15, -0.1) is 0 Å². The number of nitro benzene ring substituents is 1. The number of carbonyl (C=O) groups is 1. The highest BCUT2D eigenvalue weighted by atomic mass is 16.6. The summed E-state index contributed by atoms with van der Waals surface area (Å²) in [5.41, 5.74) is 0.926. The van der Waals surface area contributed by atoms with Crippen molar-refractivity contribution in [3.63, 3.8) is 0 Å². The predicted molar refractivity (Wildman–Crippen MR) is 83.2 cm³/mol. The van der Waals surface area contributed by atoms with Crippen LogP contribution in [0.25, 0.3) is 0 Å². The molecule has 6 heteroatoms. The number of carbonyl (C=O) groups excluding carboxylic acids is 1. The van der Waals surface area contributed by atoms with E-state index in [1.54, 1.807) is 18.2 Å². The molecule has 2 aromatic carbocycles. The molecule has 2 rings (SSSR count). The normalized spacial score (nSPS) is 10.2. The van der Waals surface area contributed by atoms with E-state index in [0.29, 0.717) is 0 Å². The maximum absolute atomic E-state index is 12.3. The van der Waals surface area contributed by atoms with Gasteiger partial charge in [0.1, 0.15) is 11.4 Å². The van der Waals surface area contributed by atoms with Crippen LogP contribution in [0.4, 0.5) is 11.4 Å². The largest absolute Gasteiger partial charge is 0.507 e. The fraction of sp³-hybridized carbons (Fsp3) is 0.188. The second-order valence-electron chi connectivity index (χ2n) is 4.83. The van der Waals surface area contributed by atoms with Gasteiger partial charge in [0.05, 0.1) is 10.5 Å². The highest BCUT2D eigenvalue weighted by Crippen LogP contribution is 2.26. The molecule has 0 atom stereocenters. The summed E-state index contributed by atoms with van der Waals surface area (Å²) >= 11 is 0. The standard InChI is InChI=1S/C16H16N2O4/c1-2-5-11-8-9-15(19)12(10-11)16(20)17-13-6-3-4-7-14(13)18(21)22/h3-4,6-10,19H,2,5H2,1H3,(H,17,20). The summed E-state index contributed by atoms with van der Waals surface area (Å²) in [5, 5.41) is 23.3. The van der Waals surface area contributed by atoms with Crippen molar-refractivity contribution in [3.05, 3.63) is 63.7 Å². The first kappa shape index (κ1) is 15.5. The van der Waals surface area contributed by atoms with Crippen LogP contribution in [0.2, 0.25) is 0 Å². The lowest BCUT2D eigenvalue weighted by Crippen LogP contribution is -2.13. The maximum Gasteiger partial charge on any atom is 0.292 e. The molecule has 0 radical (unpaired) electrons. The number of aryl methyl sites for hydroxylation is 1. The van der Waals surface area contributed by atoms with Gasteiger partial charge in [-0.05, 0) is 30.2 Å². The van der Waals surface area contributed by atoms with Crippen LogP contribution >= 0.6 is 0 Å². The second-order valence-corrected chi connectivity index (χ2v) is 4.83. The van der Waals surface area contributed by atoms with Gasteiger partial charge >= 0.3 is 0 Å². The monoisotopic (exact) mass is 300 g/mol. The highest BCUT2D eigenvalue weighted by Gasteiger charge is 2.18. The number of rotatable bonds is 5. The average Bonchev–Trinajstić information content (AvgIpc) is 2.49. The minimum absolute atomic E-state index is 0.0952. The molecule has 2 N–H and O–H groups in total. The summed E-state index contributed by atoms with van der Waals surface area (Å²) in [7, 11) is 0. The fourth-order valence-electron chi connectivity index (χ4n) is 2.14. The van der Waals surface area contributed by atoms with Crippen molar-refractivity contribution in [2.75, 3.05) is 5.32 Å². The van der Waals surface area contributed by atoms with Gasteiger partial charge in [0.25, 0.3) is 11.6 Å². The number of amides is 1. The summed E-state index contributed by atoms with van der Waals surface area (Å²) < 4.78 is 0. The Morgan fingerprint density at radius 1 is 1.27 bits per heavy atom. The zero-order valence-corrected chi connectivity index (χ0v) is 12.1. The quantitative estimate of drug-likeness (QED) is 0.653. The van der Waals surface area contributed by atoms with E-state index >= 15 is 0 Å². The first-order valence-electron chi connectivity index (χ1n) is 6.89. The van der Waals surface area contributed by atoms with Gasteiger partial charge in [-0.25, -0.2) is 0 Å². The van der Waals surface area contributed by atoms with Gasteiger partial charge in [-0.2, -0.15) is 0 Å². The van der Waals surface area contributed by atoms with Crippen LogP contribution in [-0.4, -0.2) is 15.9 Å². The third-order valence-electron chi connectivity index (χ3n) is 3.19. The van der Waals surface area contributed by atoms with Crippen molar-refractivity contribution < 1.29 is 14.8 Å². The first-order chi connectivity index (χ1) is 10.5. The number of hydrogen-bond acceptors (Lipinski definition) is 4. The van der Waals surface area contributed by atoms with Crippen LogP contribution in [0, 0.1) is 10.1 Å². The van der Waals surface area contributed by atoms with E-state index in [0.717, 1.165) is 18.4 Å². The van der Waals surface area contributed by atoms with E-state index in [-0.39, 0.29) is 22.7 Å². The molecule has 0 saturated carbocycles. The smallest absolute Gasteiger partial charge is 0.292 e. The van der Waals surface area contributed by atoms with Crippen molar-refractivity contribution in [2.45, 2.75) is 19.8 Å². The van der Waals surface area contributed by atoms with Crippen molar-refractivity contribution in [1.29, 1.82) is 0 Å². The zero-order chi connectivity index (χ0) is 16.1. The van der Waals surface area contributed by atoms with Crippen molar-refractivity contribution in [3.8, 4) is 5.75 Å². The Morgan fingerprint density at radius 2 is 2.00 bits per heavy atom. The third-order valence-corrected chi connectivity index (χ3v) is 3.19. The number of nitrogens with one attached hydrogen (secondary N) is 1. The molecule has 114 valence electrons. The van der Waals surface area contributed by atoms with Gasteiger partial charge in [0, 0.05) is 6.07 Å². The number of nitro groups is 1. The Morgan fingerprint density at radius 3 is 2.68 bits per heavy atom. The highest BCUT2D eigenvalue weighted by molar-refractivity contribution is 6.07. The van der Waals surface area contributed by atoms with Gasteiger partial charge in [0.2, 0.25) is 0 Å². The Labute approximate surface area is 127 Å². The number of para-hydroxylation sites is 2. The molecule has 0 unspecified atom stereocenters. The summed E-state index contributed by atoms with van der Waals surface area (Å²) in [5.74, 6) is -0.735. The van der Waals surface area contributed by atoms with Crippen molar-refractivity contribution in [1.82, 2.24) is 0 Å². The molecule has 22 heavy (non-hydrogen) atoms. The molecule has 0 spiro atoms. The van der Waals surface area contributed by atoms with Gasteiger partial charge < -0.3 is 10.4 Å². The number of benzene rings is 2. The zero-order valence-electron chi connectivity index (χ0n) is 12.1. The Kier molecular flexibility index (Phi) is 4.73. The molecule has 2 aromatic rings. The van der Waals surface area contributed by atoms with Gasteiger partial charge in [-0.3, -0.25) is 14.9 Å². The summed E-state index contributed by atoms with van der Waals surface area (Å²) in [4.78, 5) is 22.7. The van der Waals surface area contributed by atoms with E-state index in [2.05, 4.69) is 5.32 Å². The van der Waals surface area contributed by atoms with Crippen LogP contribution in [0.15, 0.2) is 42.5 Å². The minimum Gasteiger partial charge on any atom is -0.507 e. The van der Waals surface area contributed by atoms with Gasteiger partial charge in [0.15, 0.2) is 0 Å². The Balaban J connectivity index is 2.30. The summed E-state index contributed by atoms with van der Waals surface area (Å²) in [6.45, 7) is 2.01. The second kappa shape index (κ2) is 6.71. The van der Waals surface area contributed by atoms with Crippen LogP contribution in [0.5, 0.6) is 5.75 Å². The molecular weight excluding hydrogens is 284 g/mol. The average molecular weight is 300 g/mol. The number of phenols is 1. The van der Waals surface area contributed by atoms with E-state index < -0.39 is 10.8 Å². The molecule has 0 aliphatic carbocycles. The Bertz CT molecular complexity index is 713. The van der Waals surface area contributed by atoms with Crippen molar-refractivity contribution >= 4 is 17.3 Å². The molecule has 0 bridgehead atoms. The maximum atomic E-state index is 12.3. The van der Waals surface area contributed by atoms with E-state index in [1.165, 1.54) is 24.3 Å². The summed E-state index contributed by atoms with van der Waals surface area (Å²) in [6.07, 6.45) is 1.70. The molecule has 0 aromatic heterocycles. The molecular formula is C16H16N2O4. The van der Waals surface area contributed by atoms with Crippen molar-refractivity contribution in [2.24, 2.45) is 0 Å². The van der Waals surface area contributed by atoms with Crippen LogP contribution in [0.3, 0.4) is 0 Å². The van der Waals surface area contributed by atoms with Crippen LogP contribution in [-0.2, 0) is 6.42 Å². The number of aromatic hydroxyl groups is 1. The summed E-state index contributed by atoms with van der Waals surface area (Å²) in [6, 6.07) is 10.7. The molecule has 0 heterocycles. The molecule has 0 aliphatic heterocycles. The molecule has 0 saturated heterocycles. The SMILES string of the molecule is CCCc1ccc(O)c(C(=O)Nc2ccccc2[N+](=O)[O-])c1. The Hall–Kier alpha value is -2.89. The molecule has 0 aliphatic rings. The predicted octanol–water partition coefficient (Wildman–Crippen LogP) is 3.51. The van der Waals surface area contributed by atoms with Gasteiger partial charge in [-0.1, -0.05) is 31.5 Å². The lowest BCUT2D eigenvalue weighted by Gasteiger charge is -2.09. The molecule has 0 fully saturated rings. The number of nitrogens with zero attached hydrogens (tertiary/aromatic N) is 1.